The SMILES string of the molecule is CC(C)C[C@@H](CC[C@@H](Cc1ccccc1)C(=O)N[C@H](C(=O)N[C@H](C(N)=O)C(C)C)C(C)C)NC(=O)[C@@H](NC(=O)OC(C)(C)C)C(C)C. The first kappa shape index (κ1) is 41.4. The summed E-state index contributed by atoms with van der Waals surface area (Å²) in [6.45, 7) is 20.4. The molecule has 0 radical (unpaired) electrons. The largest absolute Gasteiger partial charge is 0.444 e. The van der Waals surface area contributed by atoms with Crippen molar-refractivity contribution in [2.45, 2.75) is 132 Å². The molecule has 0 aromatic heterocycles. The highest BCUT2D eigenvalue weighted by Gasteiger charge is 2.33. The number of carbonyl (C=O) groups is 5. The van der Waals surface area contributed by atoms with Gasteiger partial charge in [0.15, 0.2) is 0 Å². The average molecular weight is 660 g/mol. The first-order chi connectivity index (χ1) is 21.7. The molecule has 1 rings (SSSR count). The van der Waals surface area contributed by atoms with Gasteiger partial charge in [-0.25, -0.2) is 4.79 Å². The molecule has 0 bridgehead atoms. The normalized spacial score (nSPS) is 15.0. The van der Waals surface area contributed by atoms with E-state index in [1.54, 1.807) is 34.6 Å². The average Bonchev–Trinajstić information content (AvgIpc) is 2.93. The maximum atomic E-state index is 13.9. The van der Waals surface area contributed by atoms with Crippen molar-refractivity contribution >= 4 is 29.7 Å². The fourth-order valence-electron chi connectivity index (χ4n) is 5.32. The Bertz CT molecular complexity index is 1160. The Morgan fingerprint density at radius 3 is 1.64 bits per heavy atom. The van der Waals surface area contributed by atoms with Crippen molar-refractivity contribution in [2.75, 3.05) is 0 Å². The second kappa shape index (κ2) is 19.3. The highest BCUT2D eigenvalue weighted by atomic mass is 16.6. The number of rotatable bonds is 18. The molecule has 0 spiro atoms. The van der Waals surface area contributed by atoms with Crippen molar-refractivity contribution in [2.24, 2.45) is 35.3 Å². The molecule has 0 unspecified atom stereocenters. The van der Waals surface area contributed by atoms with Crippen molar-refractivity contribution in [3.05, 3.63) is 35.9 Å². The van der Waals surface area contributed by atoms with Gasteiger partial charge in [0.25, 0.3) is 0 Å². The van der Waals surface area contributed by atoms with Gasteiger partial charge < -0.3 is 31.7 Å². The molecule has 0 aliphatic heterocycles. The van der Waals surface area contributed by atoms with E-state index in [4.69, 9.17) is 10.5 Å². The van der Waals surface area contributed by atoms with E-state index < -0.39 is 47.6 Å². The maximum absolute atomic E-state index is 13.9. The summed E-state index contributed by atoms with van der Waals surface area (Å²) < 4.78 is 5.38. The van der Waals surface area contributed by atoms with Crippen molar-refractivity contribution in [1.82, 2.24) is 21.3 Å². The summed E-state index contributed by atoms with van der Waals surface area (Å²) in [5, 5.41) is 11.5. The molecule has 266 valence electrons. The van der Waals surface area contributed by atoms with Crippen LogP contribution >= 0.6 is 0 Å². The van der Waals surface area contributed by atoms with E-state index >= 15 is 0 Å². The number of nitrogens with two attached hydrogens (primary N) is 1. The number of nitrogens with one attached hydrogen (secondary N) is 4. The van der Waals surface area contributed by atoms with Crippen molar-refractivity contribution in [3.8, 4) is 0 Å². The fourth-order valence-corrected chi connectivity index (χ4v) is 5.32. The Labute approximate surface area is 282 Å². The van der Waals surface area contributed by atoms with E-state index in [0.29, 0.717) is 25.7 Å². The molecule has 0 saturated heterocycles. The smallest absolute Gasteiger partial charge is 0.408 e. The van der Waals surface area contributed by atoms with Gasteiger partial charge in [-0.15, -0.1) is 0 Å². The van der Waals surface area contributed by atoms with E-state index in [2.05, 4.69) is 35.1 Å². The molecule has 1 aromatic carbocycles. The zero-order valence-electron chi connectivity index (χ0n) is 30.4. The summed E-state index contributed by atoms with van der Waals surface area (Å²) in [5.41, 5.74) is 5.78. The van der Waals surface area contributed by atoms with Gasteiger partial charge in [-0.2, -0.15) is 0 Å². The summed E-state index contributed by atoms with van der Waals surface area (Å²) in [6, 6.07) is 6.84. The van der Waals surface area contributed by atoms with Crippen LogP contribution in [0.5, 0.6) is 0 Å². The molecule has 0 saturated carbocycles. The number of hydrogen-bond donors (Lipinski definition) is 5. The van der Waals surface area contributed by atoms with Crippen molar-refractivity contribution in [1.29, 1.82) is 0 Å². The van der Waals surface area contributed by atoms with Crippen molar-refractivity contribution < 1.29 is 28.7 Å². The topological polar surface area (TPSA) is 169 Å². The number of benzene rings is 1. The van der Waals surface area contributed by atoms with Crippen LogP contribution in [-0.4, -0.2) is 59.5 Å². The lowest BCUT2D eigenvalue weighted by Crippen LogP contribution is -2.57. The van der Waals surface area contributed by atoms with Crippen LogP contribution in [-0.2, 0) is 30.3 Å². The number of ether oxygens (including phenoxy) is 1. The zero-order chi connectivity index (χ0) is 36.1. The summed E-state index contributed by atoms with van der Waals surface area (Å²) >= 11 is 0. The van der Waals surface area contributed by atoms with E-state index in [1.165, 1.54) is 0 Å². The summed E-state index contributed by atoms with van der Waals surface area (Å²) in [5.74, 6) is -2.61. The molecule has 11 heteroatoms. The van der Waals surface area contributed by atoms with Crippen LogP contribution in [0.2, 0.25) is 0 Å². The first-order valence-electron chi connectivity index (χ1n) is 17.0. The van der Waals surface area contributed by atoms with Crippen LogP contribution < -0.4 is 27.0 Å². The minimum absolute atomic E-state index is 0.192. The maximum Gasteiger partial charge on any atom is 0.408 e. The fraction of sp³-hybridized carbons (Fsp3) is 0.694. The molecule has 5 amide bonds. The predicted molar refractivity (Wildman–Crippen MR) is 185 cm³/mol. The van der Waals surface area contributed by atoms with Gasteiger partial charge >= 0.3 is 6.09 Å². The Hall–Kier alpha value is -3.63. The number of amides is 5. The molecule has 5 atom stereocenters. The highest BCUT2D eigenvalue weighted by molar-refractivity contribution is 5.92. The Morgan fingerprint density at radius 1 is 0.681 bits per heavy atom. The zero-order valence-corrected chi connectivity index (χ0v) is 30.4. The standard InChI is InChI=1S/C36H61N5O6/c1-21(2)19-27(38-33(44)30(24(7)8)41-35(46)47-36(9,10)11)18-17-26(20-25-15-13-12-14-16-25)32(43)40-29(23(5)6)34(45)39-28(22(3)4)31(37)42/h12-16,21-24,26-30H,17-20H2,1-11H3,(H2,37,42)(H,38,44)(H,39,45)(H,40,43)(H,41,46)/t26-,27+,28-,29-,30-/m0/s1. The van der Waals surface area contributed by atoms with Gasteiger partial charge in [0.2, 0.25) is 23.6 Å². The minimum atomic E-state index is -0.877. The first-order valence-corrected chi connectivity index (χ1v) is 17.0. The van der Waals surface area contributed by atoms with Gasteiger partial charge in [-0.1, -0.05) is 85.7 Å². The van der Waals surface area contributed by atoms with Gasteiger partial charge in [-0.05, 0) is 75.7 Å². The third-order valence-electron chi connectivity index (χ3n) is 7.80. The van der Waals surface area contributed by atoms with E-state index in [-0.39, 0.29) is 41.5 Å². The van der Waals surface area contributed by atoms with E-state index in [0.717, 1.165) is 5.56 Å². The lowest BCUT2D eigenvalue weighted by atomic mass is 9.89. The lowest BCUT2D eigenvalue weighted by molar-refractivity contribution is -0.134. The lowest BCUT2D eigenvalue weighted by Gasteiger charge is -2.29. The molecular formula is C36H61N5O6. The number of primary amides is 1. The van der Waals surface area contributed by atoms with Crippen LogP contribution in [0, 0.1) is 29.6 Å². The van der Waals surface area contributed by atoms with Gasteiger partial charge in [0.1, 0.15) is 23.7 Å². The quantitative estimate of drug-likeness (QED) is 0.156. The number of carbonyl (C=O) groups excluding carboxylic acids is 5. The van der Waals surface area contributed by atoms with Gasteiger partial charge in [0.05, 0.1) is 0 Å². The van der Waals surface area contributed by atoms with E-state index in [1.807, 2.05) is 58.0 Å². The Balaban J connectivity index is 3.21. The second-order valence-corrected chi connectivity index (χ2v) is 15.0. The van der Waals surface area contributed by atoms with Gasteiger partial charge in [-0.3, -0.25) is 19.2 Å². The molecule has 6 N–H and O–H groups in total. The monoisotopic (exact) mass is 659 g/mol. The Kier molecular flexibility index (Phi) is 17.0. The molecule has 0 heterocycles. The van der Waals surface area contributed by atoms with Crippen LogP contribution in [0.3, 0.4) is 0 Å². The molecule has 0 fully saturated rings. The molecular weight excluding hydrogens is 598 g/mol. The third kappa shape index (κ3) is 15.7. The highest BCUT2D eigenvalue weighted by Crippen LogP contribution is 2.21. The Morgan fingerprint density at radius 2 is 1.17 bits per heavy atom. The van der Waals surface area contributed by atoms with Crippen LogP contribution in [0.1, 0.15) is 101 Å². The van der Waals surface area contributed by atoms with Crippen molar-refractivity contribution in [3.63, 3.8) is 0 Å². The molecule has 47 heavy (non-hydrogen) atoms. The molecule has 11 nitrogen and oxygen atoms in total. The third-order valence-corrected chi connectivity index (χ3v) is 7.80. The van der Waals surface area contributed by atoms with Gasteiger partial charge in [0, 0.05) is 12.0 Å². The summed E-state index contributed by atoms with van der Waals surface area (Å²) in [7, 11) is 0. The molecule has 0 aliphatic rings. The van der Waals surface area contributed by atoms with Crippen LogP contribution in [0.4, 0.5) is 4.79 Å². The van der Waals surface area contributed by atoms with E-state index in [9.17, 15) is 24.0 Å². The van der Waals surface area contributed by atoms with Crippen LogP contribution in [0.25, 0.3) is 0 Å². The summed E-state index contributed by atoms with van der Waals surface area (Å²) in [4.78, 5) is 65.1. The second-order valence-electron chi connectivity index (χ2n) is 15.0. The molecule has 0 aliphatic carbocycles. The molecule has 1 aromatic rings. The minimum Gasteiger partial charge on any atom is -0.444 e. The predicted octanol–water partition coefficient (Wildman–Crippen LogP) is 4.47. The van der Waals surface area contributed by atoms with Crippen LogP contribution in [0.15, 0.2) is 30.3 Å². The number of alkyl carbamates (subject to hydrolysis) is 1. The number of hydrogen-bond acceptors (Lipinski definition) is 6. The summed E-state index contributed by atoms with van der Waals surface area (Å²) in [6.07, 6.45) is 1.38.